The first kappa shape index (κ1) is 18.9. The predicted octanol–water partition coefficient (Wildman–Crippen LogP) is 2.89. The molecule has 4 rings (SSSR count). The molecule has 8 nitrogen and oxygen atoms in total. The van der Waals surface area contributed by atoms with E-state index in [-0.39, 0.29) is 11.9 Å². The Bertz CT molecular complexity index is 876. The van der Waals surface area contributed by atoms with E-state index < -0.39 is 5.79 Å². The van der Waals surface area contributed by atoms with Gasteiger partial charge in [-0.3, -0.25) is 9.69 Å². The van der Waals surface area contributed by atoms with Crippen molar-refractivity contribution in [2.24, 2.45) is 0 Å². The van der Waals surface area contributed by atoms with Gasteiger partial charge in [0.2, 0.25) is 22.0 Å². The molecule has 1 fully saturated rings. The van der Waals surface area contributed by atoms with E-state index in [1.807, 2.05) is 19.9 Å². The molecule has 1 saturated heterocycles. The van der Waals surface area contributed by atoms with Crippen LogP contribution in [0.2, 0.25) is 0 Å². The fraction of sp³-hybridized carbons (Fsp3) is 0.526. The van der Waals surface area contributed by atoms with Crippen LogP contribution in [-0.4, -0.2) is 53.0 Å². The molecular weight excluding hydrogens is 378 g/mol. The number of piperazine rings is 1. The van der Waals surface area contributed by atoms with Crippen LogP contribution in [0.4, 0.5) is 10.3 Å². The van der Waals surface area contributed by atoms with Crippen molar-refractivity contribution in [2.45, 2.75) is 39.5 Å². The fourth-order valence-electron chi connectivity index (χ4n) is 3.55. The third-order valence-electron chi connectivity index (χ3n) is 4.99. The molecule has 0 radical (unpaired) electrons. The molecule has 1 aromatic heterocycles. The number of hydrogen-bond donors (Lipinski definition) is 1. The quantitative estimate of drug-likeness (QED) is 0.841. The Morgan fingerprint density at radius 3 is 2.61 bits per heavy atom. The highest BCUT2D eigenvalue weighted by Crippen LogP contribution is 2.41. The first-order valence-electron chi connectivity index (χ1n) is 9.43. The fourth-order valence-corrected chi connectivity index (χ4v) is 4.40. The number of ether oxygens (including phenoxy) is 2. The van der Waals surface area contributed by atoms with Crippen molar-refractivity contribution in [3.05, 3.63) is 23.8 Å². The normalized spacial score (nSPS) is 19.5. The highest BCUT2D eigenvalue weighted by atomic mass is 32.1. The molecule has 1 unspecified atom stereocenters. The van der Waals surface area contributed by atoms with E-state index in [1.54, 1.807) is 0 Å². The van der Waals surface area contributed by atoms with E-state index in [0.29, 0.717) is 5.13 Å². The van der Waals surface area contributed by atoms with E-state index >= 15 is 0 Å². The van der Waals surface area contributed by atoms with Gasteiger partial charge < -0.3 is 19.7 Å². The first-order chi connectivity index (χ1) is 13.3. The Morgan fingerprint density at radius 2 is 1.89 bits per heavy atom. The van der Waals surface area contributed by atoms with Gasteiger partial charge in [0.1, 0.15) is 0 Å². The van der Waals surface area contributed by atoms with Gasteiger partial charge in [0, 0.05) is 53.0 Å². The number of hydrogen-bond acceptors (Lipinski definition) is 8. The van der Waals surface area contributed by atoms with Crippen LogP contribution in [0, 0.1) is 0 Å². The number of aromatic nitrogens is 2. The van der Waals surface area contributed by atoms with Gasteiger partial charge in [0.05, 0.1) is 0 Å². The van der Waals surface area contributed by atoms with E-state index in [0.717, 1.165) is 42.8 Å². The molecule has 1 amide bonds. The lowest BCUT2D eigenvalue weighted by Crippen LogP contribution is -2.47. The minimum absolute atomic E-state index is 0.131. The Hall–Kier alpha value is -2.39. The van der Waals surface area contributed by atoms with Crippen LogP contribution in [0.5, 0.6) is 11.5 Å². The molecule has 0 saturated carbocycles. The summed E-state index contributed by atoms with van der Waals surface area (Å²) in [4.78, 5) is 15.8. The third kappa shape index (κ3) is 3.90. The summed E-state index contributed by atoms with van der Waals surface area (Å²) in [6.07, 6.45) is 0. The molecule has 1 aromatic carbocycles. The Kier molecular flexibility index (Phi) is 4.88. The summed E-state index contributed by atoms with van der Waals surface area (Å²) in [5, 5.41) is 12.3. The molecule has 2 aromatic rings. The van der Waals surface area contributed by atoms with E-state index in [1.165, 1.54) is 23.8 Å². The van der Waals surface area contributed by atoms with E-state index in [2.05, 4.69) is 44.4 Å². The van der Waals surface area contributed by atoms with Crippen LogP contribution in [0.1, 0.15) is 39.3 Å². The Morgan fingerprint density at radius 1 is 1.18 bits per heavy atom. The van der Waals surface area contributed by atoms with Crippen LogP contribution in [0.15, 0.2) is 18.2 Å². The second kappa shape index (κ2) is 7.21. The number of carbonyl (C=O) groups excluding carboxylic acids is 1. The minimum atomic E-state index is -0.604. The summed E-state index contributed by atoms with van der Waals surface area (Å²) < 4.78 is 11.7. The second-order valence-electron chi connectivity index (χ2n) is 7.58. The molecule has 150 valence electrons. The molecule has 9 heteroatoms. The largest absolute Gasteiger partial charge is 0.449 e. The molecular formula is C19H25N5O3S. The molecule has 0 bridgehead atoms. The van der Waals surface area contributed by atoms with E-state index in [9.17, 15) is 4.79 Å². The lowest BCUT2D eigenvalue weighted by molar-refractivity contribution is -0.114. The van der Waals surface area contributed by atoms with Crippen molar-refractivity contribution in [2.75, 3.05) is 36.4 Å². The van der Waals surface area contributed by atoms with Gasteiger partial charge in [0.15, 0.2) is 11.5 Å². The predicted molar refractivity (Wildman–Crippen MR) is 108 cm³/mol. The van der Waals surface area contributed by atoms with Crippen LogP contribution < -0.4 is 19.7 Å². The van der Waals surface area contributed by atoms with Crippen molar-refractivity contribution in [1.82, 2.24) is 15.1 Å². The average molecular weight is 404 g/mol. The highest BCUT2D eigenvalue weighted by molar-refractivity contribution is 7.19. The number of nitrogens with one attached hydrogen (secondary N) is 1. The van der Waals surface area contributed by atoms with Gasteiger partial charge >= 0.3 is 0 Å². The Balaban J connectivity index is 1.37. The maximum absolute atomic E-state index is 11.1. The average Bonchev–Trinajstić information content (AvgIpc) is 3.22. The topological polar surface area (TPSA) is 79.8 Å². The minimum Gasteiger partial charge on any atom is -0.449 e. The zero-order valence-electron chi connectivity index (χ0n) is 16.6. The zero-order valence-corrected chi connectivity index (χ0v) is 17.4. The van der Waals surface area contributed by atoms with Gasteiger partial charge in [0.25, 0.3) is 0 Å². The maximum Gasteiger partial charge on any atom is 0.246 e. The lowest BCUT2D eigenvalue weighted by Gasteiger charge is -2.38. The first-order valence-corrected chi connectivity index (χ1v) is 10.2. The number of carbonyl (C=O) groups is 1. The van der Waals surface area contributed by atoms with Crippen molar-refractivity contribution < 1.29 is 14.3 Å². The lowest BCUT2D eigenvalue weighted by atomic mass is 10.1. The van der Waals surface area contributed by atoms with Crippen LogP contribution in [0.25, 0.3) is 0 Å². The number of amides is 1. The van der Waals surface area contributed by atoms with Crippen molar-refractivity contribution >= 4 is 27.5 Å². The van der Waals surface area contributed by atoms with Crippen LogP contribution >= 0.6 is 11.3 Å². The molecule has 1 N–H and O–H groups in total. The van der Waals surface area contributed by atoms with Gasteiger partial charge in [-0.05, 0) is 24.6 Å². The monoisotopic (exact) mass is 403 g/mol. The molecule has 28 heavy (non-hydrogen) atoms. The van der Waals surface area contributed by atoms with Crippen LogP contribution in [-0.2, 0) is 4.79 Å². The summed E-state index contributed by atoms with van der Waals surface area (Å²) in [7, 11) is 0. The standard InChI is InChI=1S/C19H25N5O3S/c1-12(14-5-6-15-16(11-14)27-19(3,4)26-15)23-7-9-24(10-8-23)18-22-21-17(28-18)20-13(2)25/h5-6,11-12H,7-10H2,1-4H3,(H,20,21,25). The van der Waals surface area contributed by atoms with Gasteiger partial charge in [-0.1, -0.05) is 17.4 Å². The molecule has 1 atom stereocenters. The molecule has 0 aliphatic carbocycles. The molecule has 2 aliphatic heterocycles. The number of nitrogens with zero attached hydrogens (tertiary/aromatic N) is 4. The zero-order chi connectivity index (χ0) is 19.9. The van der Waals surface area contributed by atoms with Crippen molar-refractivity contribution in [1.29, 1.82) is 0 Å². The molecule has 2 aliphatic rings. The summed E-state index contributed by atoms with van der Waals surface area (Å²) in [5.41, 5.74) is 1.22. The summed E-state index contributed by atoms with van der Waals surface area (Å²) >= 11 is 1.41. The number of rotatable bonds is 4. The summed E-state index contributed by atoms with van der Waals surface area (Å²) in [6.45, 7) is 11.1. The smallest absolute Gasteiger partial charge is 0.246 e. The summed E-state index contributed by atoms with van der Waals surface area (Å²) in [6, 6.07) is 6.48. The number of fused-ring (bicyclic) bond motifs is 1. The third-order valence-corrected chi connectivity index (χ3v) is 5.89. The maximum atomic E-state index is 11.1. The number of benzene rings is 1. The van der Waals surface area contributed by atoms with Crippen molar-refractivity contribution in [3.63, 3.8) is 0 Å². The van der Waals surface area contributed by atoms with Crippen molar-refractivity contribution in [3.8, 4) is 11.5 Å². The van der Waals surface area contributed by atoms with Gasteiger partial charge in [-0.2, -0.15) is 0 Å². The summed E-state index contributed by atoms with van der Waals surface area (Å²) in [5.74, 6) is 0.881. The molecule has 0 spiro atoms. The Labute approximate surface area is 168 Å². The SMILES string of the molecule is CC(=O)Nc1nnc(N2CCN(C(C)c3ccc4c(c3)OC(C)(C)O4)CC2)s1. The second-order valence-corrected chi connectivity index (χ2v) is 8.54. The highest BCUT2D eigenvalue weighted by Gasteiger charge is 2.32. The number of anilines is 2. The van der Waals surface area contributed by atoms with Crippen LogP contribution in [0.3, 0.4) is 0 Å². The van der Waals surface area contributed by atoms with Gasteiger partial charge in [-0.25, -0.2) is 0 Å². The van der Waals surface area contributed by atoms with E-state index in [4.69, 9.17) is 9.47 Å². The van der Waals surface area contributed by atoms with Gasteiger partial charge in [-0.15, -0.1) is 10.2 Å². The molecule has 3 heterocycles.